The average Bonchev–Trinajstić information content (AvgIpc) is 2.40. The molecule has 0 bridgehead atoms. The zero-order chi connectivity index (χ0) is 17.1. The minimum absolute atomic E-state index is 0. The van der Waals surface area contributed by atoms with E-state index in [0.717, 1.165) is 0 Å². The van der Waals surface area contributed by atoms with E-state index in [1.165, 1.54) is 0 Å². The van der Waals surface area contributed by atoms with Crippen LogP contribution >= 0.6 is 0 Å². The first-order valence-corrected chi connectivity index (χ1v) is 4.39. The van der Waals surface area contributed by atoms with Crippen molar-refractivity contribution in [3.8, 4) is 0 Å². The van der Waals surface area contributed by atoms with E-state index in [1.54, 1.807) is 0 Å². The molecule has 0 heterocycles. The molecule has 0 unspecified atom stereocenters. The van der Waals surface area contributed by atoms with E-state index in [9.17, 15) is 0 Å². The number of aliphatic carboxylic acids is 4. The van der Waals surface area contributed by atoms with Gasteiger partial charge in [-0.2, -0.15) is 0 Å². The van der Waals surface area contributed by atoms with Gasteiger partial charge in [-0.05, 0) is 0 Å². The summed E-state index contributed by atoms with van der Waals surface area (Å²) in [5.41, 5.74) is 0. The van der Waals surface area contributed by atoms with Gasteiger partial charge in [-0.15, -0.1) is 0 Å². The fraction of sp³-hybridized carbons (Fsp3) is 0.500. The number of hydrogen-bond acceptors (Lipinski definition) is 8. The van der Waals surface area contributed by atoms with Gasteiger partial charge in [-0.3, -0.25) is 0 Å². The molecular formula is C8H16MoO12. The second kappa shape index (κ2) is 26.9. The predicted octanol–water partition coefficient (Wildman–Crippen LogP) is -3.75. The molecule has 0 rings (SSSR count). The molecule has 13 heteroatoms. The van der Waals surface area contributed by atoms with Crippen LogP contribution in [0.4, 0.5) is 0 Å². The Labute approximate surface area is 132 Å². The van der Waals surface area contributed by atoms with Crippen molar-refractivity contribution >= 4 is 23.9 Å². The van der Waals surface area contributed by atoms with Gasteiger partial charge >= 0.3 is 23.9 Å². The molecule has 0 aliphatic carbocycles. The molecule has 0 aromatic rings. The summed E-state index contributed by atoms with van der Waals surface area (Å²) in [5.74, 6) is -4.76. The number of hydrogen-bond donors (Lipinski definition) is 8. The molecule has 0 fully saturated rings. The maximum Gasteiger partial charge on any atom is 0.329 e. The summed E-state index contributed by atoms with van der Waals surface area (Å²) in [6.07, 6.45) is 0. The van der Waals surface area contributed by atoms with E-state index in [2.05, 4.69) is 0 Å². The van der Waals surface area contributed by atoms with Crippen LogP contribution in [0.25, 0.3) is 0 Å². The topological polar surface area (TPSA) is 230 Å². The molecule has 0 aromatic heterocycles. The van der Waals surface area contributed by atoms with Crippen LogP contribution < -0.4 is 0 Å². The molecule has 12 nitrogen and oxygen atoms in total. The average molecular weight is 400 g/mol. The Kier molecular flexibility index (Phi) is 40.5. The van der Waals surface area contributed by atoms with E-state index in [0.29, 0.717) is 0 Å². The first-order valence-electron chi connectivity index (χ1n) is 4.39. The second-order valence-electron chi connectivity index (χ2n) is 2.21. The predicted molar refractivity (Wildman–Crippen MR) is 58.9 cm³/mol. The van der Waals surface area contributed by atoms with Gasteiger partial charge in [-0.25, -0.2) is 19.2 Å². The van der Waals surface area contributed by atoms with Gasteiger partial charge in [0.25, 0.3) is 0 Å². The van der Waals surface area contributed by atoms with Crippen LogP contribution in [-0.4, -0.2) is 91.2 Å². The second-order valence-corrected chi connectivity index (χ2v) is 2.21. The van der Waals surface area contributed by atoms with Crippen molar-refractivity contribution in [1.82, 2.24) is 0 Å². The van der Waals surface area contributed by atoms with Gasteiger partial charge in [0.1, 0.15) is 26.4 Å². The Morgan fingerprint density at radius 2 is 0.524 bits per heavy atom. The number of aliphatic hydroxyl groups excluding tert-OH is 4. The molecular weight excluding hydrogens is 384 g/mol. The third kappa shape index (κ3) is 121. The Bertz CT molecular complexity index is 222. The summed E-state index contributed by atoms with van der Waals surface area (Å²) in [6.45, 7) is -3.11. The molecule has 0 saturated carbocycles. The molecule has 0 aliphatic heterocycles. The summed E-state index contributed by atoms with van der Waals surface area (Å²) in [6, 6.07) is 0. The van der Waals surface area contributed by atoms with Crippen molar-refractivity contribution in [3.63, 3.8) is 0 Å². The van der Waals surface area contributed by atoms with Crippen molar-refractivity contribution < 1.29 is 81.1 Å². The first kappa shape index (κ1) is 31.7. The summed E-state index contributed by atoms with van der Waals surface area (Å²) in [7, 11) is 0. The maximum atomic E-state index is 9.12. The number of carboxylic acid groups (broad SMARTS) is 4. The Morgan fingerprint density at radius 1 is 0.476 bits per heavy atom. The maximum absolute atomic E-state index is 9.12. The summed E-state index contributed by atoms with van der Waals surface area (Å²) < 4.78 is 0. The van der Waals surface area contributed by atoms with Gasteiger partial charge < -0.3 is 40.9 Å². The van der Waals surface area contributed by atoms with E-state index < -0.39 is 50.3 Å². The van der Waals surface area contributed by atoms with Gasteiger partial charge in [0.15, 0.2) is 0 Å². The molecule has 0 aliphatic rings. The van der Waals surface area contributed by atoms with Gasteiger partial charge in [0.05, 0.1) is 0 Å². The third-order valence-electron chi connectivity index (χ3n) is 0.541. The molecule has 0 amide bonds. The van der Waals surface area contributed by atoms with Crippen molar-refractivity contribution in [3.05, 3.63) is 0 Å². The van der Waals surface area contributed by atoms with Gasteiger partial charge in [0.2, 0.25) is 0 Å². The van der Waals surface area contributed by atoms with Gasteiger partial charge in [0, 0.05) is 21.1 Å². The van der Waals surface area contributed by atoms with Crippen LogP contribution in [0.5, 0.6) is 0 Å². The van der Waals surface area contributed by atoms with Crippen molar-refractivity contribution in [2.45, 2.75) is 0 Å². The summed E-state index contributed by atoms with van der Waals surface area (Å²) in [4.78, 5) is 36.5. The van der Waals surface area contributed by atoms with Crippen LogP contribution in [0.2, 0.25) is 0 Å². The molecule has 0 spiro atoms. The molecule has 0 atom stereocenters. The van der Waals surface area contributed by atoms with E-state index >= 15 is 0 Å². The zero-order valence-electron chi connectivity index (χ0n) is 10.4. The molecule has 21 heavy (non-hydrogen) atoms. The van der Waals surface area contributed by atoms with E-state index in [1.807, 2.05) is 0 Å². The van der Waals surface area contributed by atoms with E-state index in [4.69, 9.17) is 60.0 Å². The van der Waals surface area contributed by atoms with Crippen molar-refractivity contribution in [2.75, 3.05) is 26.4 Å². The number of carboxylic acids is 4. The third-order valence-corrected chi connectivity index (χ3v) is 0.541. The Morgan fingerprint density at radius 3 is 0.524 bits per heavy atom. The molecule has 126 valence electrons. The SMILES string of the molecule is O=C(O)CO.O=C(O)CO.O=C(O)CO.O=C(O)CO.[Mo]. The first-order chi connectivity index (χ1) is 9.08. The van der Waals surface area contributed by atoms with Crippen LogP contribution in [-0.2, 0) is 40.2 Å². The minimum atomic E-state index is -1.19. The van der Waals surface area contributed by atoms with Crippen molar-refractivity contribution in [1.29, 1.82) is 0 Å². The summed E-state index contributed by atoms with van der Waals surface area (Å²) >= 11 is 0. The van der Waals surface area contributed by atoms with Gasteiger partial charge in [-0.1, -0.05) is 0 Å². The standard InChI is InChI=1S/4C2H4O3.Mo/c4*3-1-2(4)5;/h4*3H,1H2,(H,4,5);. The normalized spacial score (nSPS) is 7.05. The number of carbonyl (C=O) groups is 4. The fourth-order valence-corrected chi connectivity index (χ4v) is 0. The molecule has 8 N–H and O–H groups in total. The van der Waals surface area contributed by atoms with E-state index in [-0.39, 0.29) is 21.1 Å². The number of aliphatic hydroxyl groups is 4. The molecule has 0 radical (unpaired) electrons. The number of rotatable bonds is 4. The fourth-order valence-electron chi connectivity index (χ4n) is 0. The van der Waals surface area contributed by atoms with Crippen LogP contribution in [0.1, 0.15) is 0 Å². The van der Waals surface area contributed by atoms with Crippen molar-refractivity contribution in [2.24, 2.45) is 0 Å². The van der Waals surface area contributed by atoms with Crippen LogP contribution in [0, 0.1) is 0 Å². The zero-order valence-corrected chi connectivity index (χ0v) is 12.5. The smallest absolute Gasteiger partial charge is 0.329 e. The Hall–Kier alpha value is -1.59. The molecule has 0 saturated heterocycles. The quantitative estimate of drug-likeness (QED) is 0.213. The monoisotopic (exact) mass is 402 g/mol. The Balaban J connectivity index is -0.0000000533. The minimum Gasteiger partial charge on any atom is -0.480 e. The summed E-state index contributed by atoms with van der Waals surface area (Å²) in [5, 5.41) is 60.1. The molecule has 0 aromatic carbocycles. The van der Waals surface area contributed by atoms with Crippen LogP contribution in [0.15, 0.2) is 0 Å². The van der Waals surface area contributed by atoms with Crippen LogP contribution in [0.3, 0.4) is 0 Å². The largest absolute Gasteiger partial charge is 0.480 e.